The number of hydrogen-bond donors (Lipinski definition) is 2. The summed E-state index contributed by atoms with van der Waals surface area (Å²) in [6, 6.07) is 22.6. The van der Waals surface area contributed by atoms with Crippen molar-refractivity contribution in [3.63, 3.8) is 0 Å². The number of halogens is 1. The number of carboxylic acid groups (broad SMARTS) is 1. The molecule has 3 aromatic rings. The Bertz CT molecular complexity index is 1160. The van der Waals surface area contributed by atoms with Crippen LogP contribution in [0.5, 0.6) is 0 Å². The van der Waals surface area contributed by atoms with E-state index in [0.717, 1.165) is 48.3 Å². The van der Waals surface area contributed by atoms with E-state index in [1.165, 1.54) is 14.2 Å². The molecule has 7 nitrogen and oxygen atoms in total. The zero-order valence-electron chi connectivity index (χ0n) is 20.3. The van der Waals surface area contributed by atoms with Crippen molar-refractivity contribution in [3.05, 3.63) is 88.9 Å². The Balaban J connectivity index is 1.61. The first-order valence-corrected chi connectivity index (χ1v) is 13.8. The van der Waals surface area contributed by atoms with E-state index in [1.807, 2.05) is 60.7 Å². The van der Waals surface area contributed by atoms with Crippen LogP contribution < -0.4 is 4.90 Å². The Morgan fingerprint density at radius 1 is 0.972 bits per heavy atom. The summed E-state index contributed by atoms with van der Waals surface area (Å²) in [6.07, 6.45) is 1.15. The predicted molar refractivity (Wildman–Crippen MR) is 144 cm³/mol. The van der Waals surface area contributed by atoms with Crippen LogP contribution in [0.4, 0.5) is 5.69 Å². The fourth-order valence-electron chi connectivity index (χ4n) is 4.67. The summed E-state index contributed by atoms with van der Waals surface area (Å²) in [7, 11) is -1.07. The molecular weight excluding hydrogens is 501 g/mol. The molecule has 0 aliphatic carbocycles. The van der Waals surface area contributed by atoms with E-state index in [9.17, 15) is 14.8 Å². The van der Waals surface area contributed by atoms with Crippen molar-refractivity contribution in [3.8, 4) is 11.1 Å². The van der Waals surface area contributed by atoms with Gasteiger partial charge in [-0.15, -0.1) is 0 Å². The van der Waals surface area contributed by atoms with E-state index in [1.54, 1.807) is 12.1 Å². The molecule has 4 rings (SSSR count). The normalized spacial score (nSPS) is 16.1. The third kappa shape index (κ3) is 6.06. The summed E-state index contributed by atoms with van der Waals surface area (Å²) in [5.74, 6) is -0.843. The number of aromatic carboxylic acids is 1. The van der Waals surface area contributed by atoms with E-state index < -0.39 is 20.2 Å². The number of carbonyl (C=O) groups is 1. The molecule has 1 fully saturated rings. The molecule has 1 atom stereocenters. The molecule has 0 saturated carbocycles. The number of rotatable bonds is 9. The first-order chi connectivity index (χ1) is 17.3. The van der Waals surface area contributed by atoms with Gasteiger partial charge in [0.2, 0.25) is 0 Å². The number of piperidine rings is 1. The van der Waals surface area contributed by atoms with Crippen LogP contribution in [-0.2, 0) is 13.6 Å². The Hall–Kier alpha value is -2.51. The van der Waals surface area contributed by atoms with E-state index >= 15 is 0 Å². The van der Waals surface area contributed by atoms with Gasteiger partial charge < -0.3 is 0 Å². The molecule has 0 spiro atoms. The molecule has 0 bridgehead atoms. The monoisotopic (exact) mass is 531 g/mol. The number of benzene rings is 3. The van der Waals surface area contributed by atoms with Crippen molar-refractivity contribution in [2.75, 3.05) is 32.2 Å². The van der Waals surface area contributed by atoms with Crippen molar-refractivity contribution in [1.29, 1.82) is 0 Å². The zero-order valence-corrected chi connectivity index (χ0v) is 22.0. The molecule has 0 amide bonds. The molecule has 9 heteroatoms. The quantitative estimate of drug-likeness (QED) is 0.310. The molecule has 192 valence electrons. The molecule has 1 aliphatic rings. The molecule has 1 saturated heterocycles. The summed E-state index contributed by atoms with van der Waals surface area (Å²) < 4.78 is 16.8. The maximum atomic E-state index is 11.2. The van der Waals surface area contributed by atoms with Gasteiger partial charge in [-0.05, 0) is 0 Å². The number of carboxylic acids is 1. The van der Waals surface area contributed by atoms with Gasteiger partial charge in [-0.2, -0.15) is 0 Å². The molecule has 3 aromatic carbocycles. The topological polar surface area (TPSA) is 88.5 Å². The average molecular weight is 532 g/mol. The van der Waals surface area contributed by atoms with Crippen molar-refractivity contribution in [2.24, 2.45) is 5.92 Å². The second kappa shape index (κ2) is 11.7. The van der Waals surface area contributed by atoms with E-state index in [2.05, 4.69) is 4.90 Å². The summed E-state index contributed by atoms with van der Waals surface area (Å²) in [6.45, 7) is 1.53. The van der Waals surface area contributed by atoms with E-state index in [-0.39, 0.29) is 11.5 Å². The van der Waals surface area contributed by atoms with Crippen LogP contribution in [0.25, 0.3) is 11.1 Å². The Morgan fingerprint density at radius 3 is 2.17 bits per heavy atom. The first kappa shape index (κ1) is 26.6. The van der Waals surface area contributed by atoms with Gasteiger partial charge in [-0.1, -0.05) is 0 Å². The van der Waals surface area contributed by atoms with E-state index in [0.29, 0.717) is 5.02 Å². The first-order valence-electron chi connectivity index (χ1n) is 11.8. The van der Waals surface area contributed by atoms with Gasteiger partial charge in [0.05, 0.1) is 0 Å². The van der Waals surface area contributed by atoms with Gasteiger partial charge in [0, 0.05) is 0 Å². The summed E-state index contributed by atoms with van der Waals surface area (Å²) in [5.41, 5.74) is 4.19. The summed E-state index contributed by atoms with van der Waals surface area (Å²) in [4.78, 5) is 24.3. The van der Waals surface area contributed by atoms with Crippen molar-refractivity contribution < 1.29 is 28.4 Å². The summed E-state index contributed by atoms with van der Waals surface area (Å²) in [5, 5.41) is 9.83. The molecule has 2 N–H and O–H groups in total. The zero-order chi connectivity index (χ0) is 25.7. The van der Waals surface area contributed by atoms with Gasteiger partial charge >= 0.3 is 217 Å². The predicted octanol–water partition coefficient (Wildman–Crippen LogP) is 6.37. The molecular formula is C27H31ClNO6P. The summed E-state index contributed by atoms with van der Waals surface area (Å²) >= 11 is 6.12. The molecule has 1 heterocycles. The minimum atomic E-state index is -3.85. The minimum absolute atomic E-state index is 0.0947. The van der Waals surface area contributed by atoms with Crippen molar-refractivity contribution >= 4 is 31.4 Å². The molecule has 36 heavy (non-hydrogen) atoms. The Kier molecular flexibility index (Phi) is 8.62. The van der Waals surface area contributed by atoms with Crippen LogP contribution in [0.3, 0.4) is 0 Å². The van der Waals surface area contributed by atoms with Crippen LogP contribution in [0, 0.1) is 5.92 Å². The second-order valence-corrected chi connectivity index (χ2v) is 11.3. The van der Waals surface area contributed by atoms with Gasteiger partial charge in [0.25, 0.3) is 0 Å². The van der Waals surface area contributed by atoms with Gasteiger partial charge in [0.15, 0.2) is 0 Å². The second-order valence-electron chi connectivity index (χ2n) is 8.74. The maximum absolute atomic E-state index is 11.2. The third-order valence-electron chi connectivity index (χ3n) is 6.66. The van der Waals surface area contributed by atoms with Gasteiger partial charge in [-0.3, -0.25) is 0 Å². The fraction of sp³-hybridized carbons (Fsp3) is 0.296. The molecule has 1 aliphatic heterocycles. The SMILES string of the molecule is CO[PH](O)(OC)O[C@@H](c1ccccc1-c1ccc(Cl)cc1)C1CCN(c2ccc(C(=O)O)cc2)CC1. The third-order valence-corrected chi connectivity index (χ3v) is 8.50. The van der Waals surface area contributed by atoms with Crippen molar-refractivity contribution in [1.82, 2.24) is 0 Å². The van der Waals surface area contributed by atoms with Crippen LogP contribution in [0.2, 0.25) is 5.02 Å². The molecule has 0 unspecified atom stereocenters. The molecule has 0 aromatic heterocycles. The number of hydrogen-bond acceptors (Lipinski definition) is 6. The van der Waals surface area contributed by atoms with Crippen LogP contribution in [-0.4, -0.2) is 43.3 Å². The van der Waals surface area contributed by atoms with Crippen LogP contribution in [0.1, 0.15) is 34.9 Å². The van der Waals surface area contributed by atoms with Gasteiger partial charge in [-0.25, -0.2) is 0 Å². The van der Waals surface area contributed by atoms with Gasteiger partial charge in [0.1, 0.15) is 0 Å². The standard InChI is InChI=1S/C27H31ClNO6P/c1-33-36(32,34-2)35-26(25-6-4-3-5-24(25)19-7-11-22(28)12-8-19)20-15-17-29(18-16-20)23-13-9-21(10-14-23)27(30)31/h3-14,20,26,32,36H,15-18H2,1-2H3,(H,30,31)/t26-/m1/s1. The van der Waals surface area contributed by atoms with Crippen LogP contribution >= 0.6 is 19.8 Å². The number of anilines is 1. The van der Waals surface area contributed by atoms with Crippen LogP contribution in [0.15, 0.2) is 72.8 Å². The average Bonchev–Trinajstić information content (AvgIpc) is 2.92. The van der Waals surface area contributed by atoms with E-state index in [4.69, 9.17) is 25.2 Å². The number of nitrogens with zero attached hydrogens (tertiary/aromatic N) is 1. The van der Waals surface area contributed by atoms with Crippen molar-refractivity contribution in [2.45, 2.75) is 18.9 Å². The Labute approximate surface area is 216 Å². The Morgan fingerprint density at radius 2 is 1.58 bits per heavy atom. The fourth-order valence-corrected chi connectivity index (χ4v) is 5.79. The molecule has 0 radical (unpaired) electrons.